The molecule has 1 N–H and O–H groups in total. The molecule has 5 nitrogen and oxygen atoms in total. The molecule has 2 aromatic rings. The summed E-state index contributed by atoms with van der Waals surface area (Å²) in [6.07, 6.45) is 1.46. The number of rotatable bonds is 6. The predicted molar refractivity (Wildman–Crippen MR) is 92.4 cm³/mol. The maximum Gasteiger partial charge on any atom is 0.168 e. The summed E-state index contributed by atoms with van der Waals surface area (Å²) in [6.45, 7) is 6.26. The Labute approximate surface area is 143 Å². The number of morpholine rings is 1. The third-order valence-electron chi connectivity index (χ3n) is 3.74. The molecule has 0 aliphatic carbocycles. The van der Waals surface area contributed by atoms with Gasteiger partial charge in [-0.1, -0.05) is 18.2 Å². The van der Waals surface area contributed by atoms with Gasteiger partial charge in [-0.2, -0.15) is 0 Å². The zero-order chi connectivity index (χ0) is 16.8. The van der Waals surface area contributed by atoms with Crippen LogP contribution in [0.2, 0.25) is 0 Å². The highest BCUT2D eigenvalue weighted by molar-refractivity contribution is 5.40. The number of nitrogens with zero attached hydrogens (tertiary/aromatic N) is 1. The molecule has 0 radical (unpaired) electrons. The summed E-state index contributed by atoms with van der Waals surface area (Å²) in [5.41, 5.74) is 0.852. The minimum Gasteiger partial charge on any atom is -0.487 e. The number of ether oxygens (including phenoxy) is 3. The van der Waals surface area contributed by atoms with Crippen LogP contribution < -0.4 is 14.8 Å². The molecule has 3 rings (SSSR count). The monoisotopic (exact) mass is 328 g/mol. The van der Waals surface area contributed by atoms with Gasteiger partial charge >= 0.3 is 0 Å². The van der Waals surface area contributed by atoms with E-state index in [4.69, 9.17) is 14.2 Å². The van der Waals surface area contributed by atoms with Crippen molar-refractivity contribution in [3.63, 3.8) is 0 Å². The van der Waals surface area contributed by atoms with Gasteiger partial charge in [0.2, 0.25) is 0 Å². The van der Waals surface area contributed by atoms with E-state index in [2.05, 4.69) is 10.3 Å². The zero-order valence-corrected chi connectivity index (χ0v) is 14.1. The first-order chi connectivity index (χ1) is 11.7. The Morgan fingerprint density at radius 2 is 1.83 bits per heavy atom. The molecule has 1 aromatic heterocycles. The Balaban J connectivity index is 1.87. The molecule has 1 fully saturated rings. The van der Waals surface area contributed by atoms with Crippen LogP contribution in [0.4, 0.5) is 0 Å². The van der Waals surface area contributed by atoms with E-state index in [-0.39, 0.29) is 18.3 Å². The Morgan fingerprint density at radius 1 is 1.08 bits per heavy atom. The largest absolute Gasteiger partial charge is 0.487 e. The molecule has 0 saturated carbocycles. The van der Waals surface area contributed by atoms with Crippen LogP contribution in [0.5, 0.6) is 11.5 Å². The second-order valence-electron chi connectivity index (χ2n) is 6.02. The molecule has 0 spiro atoms. The lowest BCUT2D eigenvalue weighted by atomic mass is 10.1. The van der Waals surface area contributed by atoms with Crippen molar-refractivity contribution >= 4 is 0 Å². The van der Waals surface area contributed by atoms with Crippen LogP contribution in [0.15, 0.2) is 48.7 Å². The van der Waals surface area contributed by atoms with E-state index in [0.717, 1.165) is 24.5 Å². The van der Waals surface area contributed by atoms with Gasteiger partial charge in [-0.05, 0) is 38.1 Å². The highest BCUT2D eigenvalue weighted by Gasteiger charge is 2.29. The van der Waals surface area contributed by atoms with Gasteiger partial charge in [-0.15, -0.1) is 0 Å². The molecule has 128 valence electrons. The number of hydrogen-bond donors (Lipinski definition) is 1. The quantitative estimate of drug-likeness (QED) is 0.883. The Bertz CT molecular complexity index is 628. The van der Waals surface area contributed by atoms with Gasteiger partial charge in [0.1, 0.15) is 6.10 Å². The van der Waals surface area contributed by atoms with Gasteiger partial charge in [0.15, 0.2) is 17.6 Å². The van der Waals surface area contributed by atoms with Gasteiger partial charge in [0.25, 0.3) is 0 Å². The number of aromatic nitrogens is 1. The van der Waals surface area contributed by atoms with E-state index in [9.17, 15) is 0 Å². The maximum atomic E-state index is 6.32. The van der Waals surface area contributed by atoms with Crippen molar-refractivity contribution in [1.82, 2.24) is 10.3 Å². The van der Waals surface area contributed by atoms with Crippen LogP contribution in [0.1, 0.15) is 25.6 Å². The van der Waals surface area contributed by atoms with Crippen LogP contribution >= 0.6 is 0 Å². The van der Waals surface area contributed by atoms with E-state index >= 15 is 0 Å². The first kappa shape index (κ1) is 16.7. The van der Waals surface area contributed by atoms with Crippen LogP contribution in [0, 0.1) is 0 Å². The molecule has 1 aliphatic heterocycles. The summed E-state index contributed by atoms with van der Waals surface area (Å²) < 4.78 is 18.1. The maximum absolute atomic E-state index is 6.32. The van der Waals surface area contributed by atoms with Crippen molar-refractivity contribution in [2.75, 3.05) is 19.7 Å². The lowest BCUT2D eigenvalue weighted by Gasteiger charge is -2.31. The number of nitrogens with one attached hydrogen (secondary N) is 1. The van der Waals surface area contributed by atoms with Crippen LogP contribution in [-0.4, -0.2) is 36.9 Å². The Hall–Kier alpha value is -2.11. The van der Waals surface area contributed by atoms with Gasteiger partial charge in [-0.25, -0.2) is 0 Å². The van der Waals surface area contributed by atoms with Crippen molar-refractivity contribution in [2.45, 2.75) is 32.2 Å². The summed E-state index contributed by atoms with van der Waals surface area (Å²) in [5, 5.41) is 3.35. The fourth-order valence-electron chi connectivity index (χ4n) is 2.69. The van der Waals surface area contributed by atoms with E-state index in [1.807, 2.05) is 56.3 Å². The molecular weight excluding hydrogens is 304 g/mol. The zero-order valence-electron chi connectivity index (χ0n) is 14.1. The second kappa shape index (κ2) is 8.13. The van der Waals surface area contributed by atoms with Crippen LogP contribution in [-0.2, 0) is 4.74 Å². The highest BCUT2D eigenvalue weighted by atomic mass is 16.6. The van der Waals surface area contributed by atoms with Gasteiger partial charge in [0.05, 0.1) is 18.4 Å². The fourth-order valence-corrected chi connectivity index (χ4v) is 2.69. The lowest BCUT2D eigenvalue weighted by Crippen LogP contribution is -2.43. The number of para-hydroxylation sites is 2. The van der Waals surface area contributed by atoms with Crippen LogP contribution in [0.3, 0.4) is 0 Å². The normalized spacial score (nSPS) is 19.0. The third-order valence-corrected chi connectivity index (χ3v) is 3.74. The summed E-state index contributed by atoms with van der Waals surface area (Å²) in [7, 11) is 0. The first-order valence-corrected chi connectivity index (χ1v) is 8.39. The molecule has 2 heterocycles. The number of hydrogen-bond acceptors (Lipinski definition) is 5. The van der Waals surface area contributed by atoms with E-state index in [1.165, 1.54) is 0 Å². The third kappa shape index (κ3) is 4.24. The molecular formula is C19H24N2O3. The topological polar surface area (TPSA) is 52.6 Å². The minimum atomic E-state index is -0.295. The fraction of sp³-hybridized carbons (Fsp3) is 0.421. The predicted octanol–water partition coefficient (Wildman–Crippen LogP) is 2.98. The van der Waals surface area contributed by atoms with Crippen molar-refractivity contribution in [3.05, 3.63) is 54.4 Å². The standard InChI is InChI=1S/C19H24N2O3/c1-14(2)23-16-8-3-4-9-17(16)24-19(15-7-5-6-10-21-15)18-13-20-11-12-22-18/h3-10,14,18-20H,11-13H2,1-2H3/t18-,19-/m0/s1. The molecule has 24 heavy (non-hydrogen) atoms. The molecule has 0 unspecified atom stereocenters. The Morgan fingerprint density at radius 3 is 2.46 bits per heavy atom. The smallest absolute Gasteiger partial charge is 0.168 e. The van der Waals surface area contributed by atoms with Crippen molar-refractivity contribution in [3.8, 4) is 11.5 Å². The van der Waals surface area contributed by atoms with Crippen molar-refractivity contribution < 1.29 is 14.2 Å². The van der Waals surface area contributed by atoms with Gasteiger partial charge < -0.3 is 19.5 Å². The molecule has 2 atom stereocenters. The summed E-state index contributed by atoms with van der Waals surface area (Å²) >= 11 is 0. The molecule has 0 amide bonds. The molecule has 1 saturated heterocycles. The Kier molecular flexibility index (Phi) is 5.67. The minimum absolute atomic E-state index is 0.0793. The van der Waals surface area contributed by atoms with E-state index in [1.54, 1.807) is 6.20 Å². The summed E-state index contributed by atoms with van der Waals surface area (Å²) in [5.74, 6) is 1.44. The summed E-state index contributed by atoms with van der Waals surface area (Å²) in [6, 6.07) is 13.6. The molecule has 5 heteroatoms. The lowest BCUT2D eigenvalue weighted by molar-refractivity contribution is -0.0455. The van der Waals surface area contributed by atoms with Gasteiger partial charge in [-0.3, -0.25) is 4.98 Å². The molecule has 0 bridgehead atoms. The van der Waals surface area contributed by atoms with E-state index in [0.29, 0.717) is 12.4 Å². The second-order valence-corrected chi connectivity index (χ2v) is 6.02. The highest BCUT2D eigenvalue weighted by Crippen LogP contribution is 2.33. The van der Waals surface area contributed by atoms with Crippen molar-refractivity contribution in [1.29, 1.82) is 0 Å². The number of benzene rings is 1. The summed E-state index contributed by atoms with van der Waals surface area (Å²) in [4.78, 5) is 4.47. The van der Waals surface area contributed by atoms with Crippen LogP contribution in [0.25, 0.3) is 0 Å². The van der Waals surface area contributed by atoms with Gasteiger partial charge in [0, 0.05) is 19.3 Å². The van der Waals surface area contributed by atoms with Crippen molar-refractivity contribution in [2.24, 2.45) is 0 Å². The average Bonchev–Trinajstić information content (AvgIpc) is 2.62. The number of pyridine rings is 1. The average molecular weight is 328 g/mol. The molecule has 1 aliphatic rings. The van der Waals surface area contributed by atoms with E-state index < -0.39 is 0 Å². The SMILES string of the molecule is CC(C)Oc1ccccc1O[C@@H](c1ccccn1)[C@@H]1CNCCO1. The molecule has 1 aromatic carbocycles. The first-order valence-electron chi connectivity index (χ1n) is 8.39.